The van der Waals surface area contributed by atoms with Crippen LogP contribution in [0.1, 0.15) is 33.4 Å². The van der Waals surface area contributed by atoms with Gasteiger partial charge in [-0.3, -0.25) is 0 Å². The molecule has 58 heavy (non-hydrogen) atoms. The van der Waals surface area contributed by atoms with E-state index in [2.05, 4.69) is 0 Å². The van der Waals surface area contributed by atoms with Gasteiger partial charge in [0, 0.05) is 0 Å². The maximum Gasteiger partial charge on any atom is 0.416 e. The van der Waals surface area contributed by atoms with Gasteiger partial charge in [-0.05, 0) is 140 Å². The van der Waals surface area contributed by atoms with Crippen LogP contribution in [0.5, 0.6) is 0 Å². The summed E-state index contributed by atoms with van der Waals surface area (Å²) < 4.78 is 247. The van der Waals surface area contributed by atoms with Crippen molar-refractivity contribution < 1.29 is 79.0 Å². The Morgan fingerprint density at radius 3 is 0.638 bits per heavy atom. The van der Waals surface area contributed by atoms with Crippen molar-refractivity contribution in [2.24, 2.45) is 0 Å². The van der Waals surface area contributed by atoms with Gasteiger partial charge in [0.05, 0.1) is 33.4 Å². The fraction of sp³-hybridized carbons (Fsp3) is 0.150. The molecule has 18 heteroatoms. The Morgan fingerprint density at radius 1 is 0.190 bits per heavy atom. The number of benzene rings is 6. The van der Waals surface area contributed by atoms with Crippen molar-refractivity contribution in [3.8, 4) is 44.5 Å². The lowest BCUT2D eigenvalue weighted by Gasteiger charge is -2.18. The minimum absolute atomic E-state index is 0.0150. The number of hydrogen-bond acceptors (Lipinski definition) is 0. The smallest absolute Gasteiger partial charge is 0.166 e. The van der Waals surface area contributed by atoms with Gasteiger partial charge in [0.25, 0.3) is 0 Å². The molecule has 0 bridgehead atoms. The van der Waals surface area contributed by atoms with E-state index in [4.69, 9.17) is 0 Å². The topological polar surface area (TPSA) is 0 Å². The molecule has 0 aromatic heterocycles. The molecule has 0 nitrogen and oxygen atoms in total. The van der Waals surface area contributed by atoms with Crippen molar-refractivity contribution >= 4 is 10.8 Å². The molecule has 6 aromatic rings. The van der Waals surface area contributed by atoms with E-state index < -0.39 is 98.3 Å². The Bertz CT molecular complexity index is 2340. The van der Waals surface area contributed by atoms with Crippen LogP contribution in [0.3, 0.4) is 0 Å². The van der Waals surface area contributed by atoms with Gasteiger partial charge >= 0.3 is 37.1 Å². The SMILES string of the molecule is FC(F)(F)c1cc(-c2cc(-c3cc(C(F)(F)F)cc(C(F)(F)F)c3)cc(-c3ccc4ccc(-c5cc(C(F)(F)F)cc(C(F)(F)F)c5)cc4c3)c2)cc(C(F)(F)F)c1. The highest BCUT2D eigenvalue weighted by molar-refractivity contribution is 5.92. The molecule has 304 valence electrons. The quantitative estimate of drug-likeness (QED) is 0.155. The summed E-state index contributed by atoms with van der Waals surface area (Å²) in [7, 11) is 0. The number of fused-ring (bicyclic) bond motifs is 1. The Kier molecular flexibility index (Phi) is 10.1. The first kappa shape index (κ1) is 41.9. The number of hydrogen-bond donors (Lipinski definition) is 0. The van der Waals surface area contributed by atoms with Gasteiger partial charge in [-0.25, -0.2) is 0 Å². The van der Waals surface area contributed by atoms with Crippen molar-refractivity contribution in [2.45, 2.75) is 37.1 Å². The Labute approximate surface area is 314 Å². The van der Waals surface area contributed by atoms with Crippen LogP contribution in [-0.2, 0) is 37.1 Å². The van der Waals surface area contributed by atoms with Crippen LogP contribution in [-0.4, -0.2) is 0 Å². The zero-order valence-corrected chi connectivity index (χ0v) is 28.2. The van der Waals surface area contributed by atoms with Gasteiger partial charge in [-0.2, -0.15) is 79.0 Å². The normalized spacial score (nSPS) is 13.3. The number of alkyl halides is 18. The lowest BCUT2D eigenvalue weighted by atomic mass is 9.90. The summed E-state index contributed by atoms with van der Waals surface area (Å²) in [6.45, 7) is 0. The van der Waals surface area contributed by atoms with Gasteiger partial charge in [0.2, 0.25) is 0 Å². The van der Waals surface area contributed by atoms with Crippen molar-refractivity contribution in [1.82, 2.24) is 0 Å². The van der Waals surface area contributed by atoms with Crippen LogP contribution in [0.2, 0.25) is 0 Å². The second-order valence-corrected chi connectivity index (χ2v) is 13.0. The molecule has 0 amide bonds. The molecule has 0 fully saturated rings. The molecule has 0 saturated carbocycles. The molecule has 0 aliphatic heterocycles. The predicted octanol–water partition coefficient (Wildman–Crippen LogP) is 15.6. The Morgan fingerprint density at radius 2 is 0.397 bits per heavy atom. The predicted molar refractivity (Wildman–Crippen MR) is 176 cm³/mol. The van der Waals surface area contributed by atoms with Gasteiger partial charge < -0.3 is 0 Å². The fourth-order valence-corrected chi connectivity index (χ4v) is 6.10. The average Bonchev–Trinajstić information content (AvgIpc) is 3.11. The lowest BCUT2D eigenvalue weighted by Crippen LogP contribution is -2.11. The highest BCUT2D eigenvalue weighted by atomic mass is 19.4. The summed E-state index contributed by atoms with van der Waals surface area (Å²) in [6.07, 6.45) is -31.8. The first-order chi connectivity index (χ1) is 26.5. The van der Waals surface area contributed by atoms with Crippen LogP contribution >= 0.6 is 0 Å². The van der Waals surface area contributed by atoms with Crippen molar-refractivity contribution in [1.29, 1.82) is 0 Å². The van der Waals surface area contributed by atoms with Crippen LogP contribution in [0.4, 0.5) is 79.0 Å². The third-order valence-electron chi connectivity index (χ3n) is 8.87. The molecule has 0 N–H and O–H groups in total. The van der Waals surface area contributed by atoms with E-state index in [1.54, 1.807) is 0 Å². The molecule has 0 atom stereocenters. The Hall–Kier alpha value is -5.68. The minimum atomic E-state index is -5.35. The standard InChI is InChI=1S/C40H18F18/c41-35(42,43)29-10-26(11-30(16-29)36(44,45)46)21-4-2-19-1-3-20(5-22(19)6-21)23-7-24(27-12-31(37(47,48)49)17-32(13-27)38(50,51)52)9-25(8-23)28-14-33(39(53,54)55)18-34(15-28)40(56,57)58/h1-18H. The zero-order chi connectivity index (χ0) is 43.0. The summed E-state index contributed by atoms with van der Waals surface area (Å²) in [6, 6.07) is 12.0. The van der Waals surface area contributed by atoms with Crippen LogP contribution in [0.25, 0.3) is 55.3 Å². The van der Waals surface area contributed by atoms with E-state index in [9.17, 15) is 79.0 Å². The van der Waals surface area contributed by atoms with Crippen LogP contribution < -0.4 is 0 Å². The van der Waals surface area contributed by atoms with Gasteiger partial charge in [0.15, 0.2) is 0 Å². The Balaban J connectivity index is 1.61. The van der Waals surface area contributed by atoms with Gasteiger partial charge in [0.1, 0.15) is 0 Å². The van der Waals surface area contributed by atoms with Crippen molar-refractivity contribution in [3.05, 3.63) is 143 Å². The molecule has 0 aliphatic rings. The largest absolute Gasteiger partial charge is 0.416 e. The van der Waals surface area contributed by atoms with Gasteiger partial charge in [-0.1, -0.05) is 24.3 Å². The average molecular weight is 841 g/mol. The first-order valence-electron chi connectivity index (χ1n) is 16.1. The maximum atomic E-state index is 13.8. The highest BCUT2D eigenvalue weighted by Gasteiger charge is 2.40. The maximum absolute atomic E-state index is 13.8. The summed E-state index contributed by atoms with van der Waals surface area (Å²) in [4.78, 5) is 0. The van der Waals surface area contributed by atoms with Gasteiger partial charge in [-0.15, -0.1) is 0 Å². The molecule has 0 heterocycles. The van der Waals surface area contributed by atoms with Crippen LogP contribution in [0, 0.1) is 0 Å². The molecular formula is C40H18F18. The molecule has 0 unspecified atom stereocenters. The highest BCUT2D eigenvalue weighted by Crippen LogP contribution is 2.44. The van der Waals surface area contributed by atoms with Crippen LogP contribution in [0.15, 0.2) is 109 Å². The number of halogens is 18. The molecule has 0 saturated heterocycles. The summed E-state index contributed by atoms with van der Waals surface area (Å²) in [5.74, 6) is 0. The molecule has 0 radical (unpaired) electrons. The van der Waals surface area contributed by atoms with E-state index in [0.29, 0.717) is 41.8 Å². The monoisotopic (exact) mass is 840 g/mol. The van der Waals surface area contributed by atoms with E-state index >= 15 is 0 Å². The van der Waals surface area contributed by atoms with E-state index in [1.807, 2.05) is 0 Å². The first-order valence-corrected chi connectivity index (χ1v) is 16.1. The lowest BCUT2D eigenvalue weighted by molar-refractivity contribution is -0.144. The second-order valence-electron chi connectivity index (χ2n) is 13.0. The molecule has 6 aromatic carbocycles. The van der Waals surface area contributed by atoms with Crippen molar-refractivity contribution in [3.63, 3.8) is 0 Å². The zero-order valence-electron chi connectivity index (χ0n) is 28.2. The van der Waals surface area contributed by atoms with E-state index in [-0.39, 0.29) is 40.3 Å². The summed E-state index contributed by atoms with van der Waals surface area (Å²) in [5.41, 5.74) is -13.9. The van der Waals surface area contributed by atoms with E-state index in [1.165, 1.54) is 36.4 Å². The molecule has 6 rings (SSSR count). The molecule has 0 spiro atoms. The summed E-state index contributed by atoms with van der Waals surface area (Å²) in [5, 5.41) is 0.414. The molecular weight excluding hydrogens is 822 g/mol. The molecule has 0 aliphatic carbocycles. The van der Waals surface area contributed by atoms with E-state index in [0.717, 1.165) is 18.2 Å². The third-order valence-corrected chi connectivity index (χ3v) is 8.87. The second kappa shape index (κ2) is 14.0. The number of rotatable bonds is 4. The fourth-order valence-electron chi connectivity index (χ4n) is 6.10. The minimum Gasteiger partial charge on any atom is -0.166 e. The summed E-state index contributed by atoms with van der Waals surface area (Å²) >= 11 is 0. The third kappa shape index (κ3) is 9.05. The van der Waals surface area contributed by atoms with Crippen molar-refractivity contribution in [2.75, 3.05) is 0 Å².